The largest absolute Gasteiger partial charge is 0.468 e. The van der Waals surface area contributed by atoms with Crippen LogP contribution in [0.2, 0.25) is 0 Å². The minimum Gasteiger partial charge on any atom is -0.468 e. The number of esters is 2. The summed E-state index contributed by atoms with van der Waals surface area (Å²) in [5.41, 5.74) is 9.21. The first-order chi connectivity index (χ1) is 9.63. The molecule has 1 rings (SSSR count). The smallest absolute Gasteiger partial charge is 0.320 e. The van der Waals surface area contributed by atoms with E-state index in [9.17, 15) is 9.59 Å². The second kappa shape index (κ2) is 7.75. The molecule has 1 atom stereocenters. The summed E-state index contributed by atoms with van der Waals surface area (Å²) in [4.78, 5) is 29.9. The van der Waals surface area contributed by atoms with Gasteiger partial charge in [-0.05, 0) is 23.6 Å². The standard InChI is InChI=1S/C12H14N4O4/c1-19-11(17)9(12(18)20-2)6-10(15-16-13)8-4-3-5-14-7-8/h3-5,7,9-10H,6H2,1-2H3. The van der Waals surface area contributed by atoms with Gasteiger partial charge in [0.05, 0.1) is 20.3 Å². The molecule has 1 aromatic rings. The average molecular weight is 278 g/mol. The zero-order valence-electron chi connectivity index (χ0n) is 11.1. The minimum atomic E-state index is -1.15. The number of carbonyl (C=O) groups is 2. The van der Waals surface area contributed by atoms with E-state index in [2.05, 4.69) is 24.5 Å². The first kappa shape index (κ1) is 15.5. The second-order valence-electron chi connectivity index (χ2n) is 3.84. The Kier molecular flexibility index (Phi) is 5.99. The van der Waals surface area contributed by atoms with Crippen LogP contribution in [0.4, 0.5) is 0 Å². The van der Waals surface area contributed by atoms with Gasteiger partial charge >= 0.3 is 11.9 Å². The molecule has 1 heterocycles. The van der Waals surface area contributed by atoms with Gasteiger partial charge in [0.25, 0.3) is 0 Å². The molecular weight excluding hydrogens is 264 g/mol. The van der Waals surface area contributed by atoms with Crippen LogP contribution in [0.3, 0.4) is 0 Å². The van der Waals surface area contributed by atoms with Crippen LogP contribution in [-0.4, -0.2) is 31.1 Å². The normalized spacial score (nSPS) is 11.3. The van der Waals surface area contributed by atoms with Gasteiger partial charge in [0, 0.05) is 17.3 Å². The predicted molar refractivity (Wildman–Crippen MR) is 68.3 cm³/mol. The lowest BCUT2D eigenvalue weighted by atomic mass is 9.96. The lowest BCUT2D eigenvalue weighted by molar-refractivity contribution is -0.159. The third-order valence-corrected chi connectivity index (χ3v) is 2.69. The molecule has 106 valence electrons. The van der Waals surface area contributed by atoms with Crippen molar-refractivity contribution in [3.05, 3.63) is 40.5 Å². The van der Waals surface area contributed by atoms with Gasteiger partial charge in [-0.3, -0.25) is 14.6 Å². The Morgan fingerprint density at radius 1 is 1.40 bits per heavy atom. The van der Waals surface area contributed by atoms with Crippen LogP contribution >= 0.6 is 0 Å². The lowest BCUT2D eigenvalue weighted by Crippen LogP contribution is -2.28. The van der Waals surface area contributed by atoms with Crippen molar-refractivity contribution in [2.75, 3.05) is 14.2 Å². The number of nitrogens with zero attached hydrogens (tertiary/aromatic N) is 4. The summed E-state index contributed by atoms with van der Waals surface area (Å²) < 4.78 is 9.12. The van der Waals surface area contributed by atoms with E-state index in [1.165, 1.54) is 20.4 Å². The van der Waals surface area contributed by atoms with Crippen LogP contribution in [0.15, 0.2) is 29.6 Å². The zero-order chi connectivity index (χ0) is 15.0. The van der Waals surface area contributed by atoms with Crippen LogP contribution < -0.4 is 0 Å². The van der Waals surface area contributed by atoms with Crippen LogP contribution in [0.1, 0.15) is 18.0 Å². The summed E-state index contributed by atoms with van der Waals surface area (Å²) in [6, 6.07) is 2.65. The molecule has 0 spiro atoms. The third kappa shape index (κ3) is 3.96. The van der Waals surface area contributed by atoms with E-state index in [4.69, 9.17) is 5.53 Å². The number of pyridine rings is 1. The van der Waals surface area contributed by atoms with E-state index in [1.807, 2.05) is 0 Å². The van der Waals surface area contributed by atoms with Crippen LogP contribution in [0.25, 0.3) is 10.4 Å². The molecule has 0 saturated heterocycles. The SMILES string of the molecule is COC(=O)C(CC(N=[N+]=[N-])c1cccnc1)C(=O)OC. The minimum absolute atomic E-state index is 0.0465. The molecule has 0 aliphatic heterocycles. The summed E-state index contributed by atoms with van der Waals surface area (Å²) >= 11 is 0. The maximum Gasteiger partial charge on any atom is 0.320 e. The summed E-state index contributed by atoms with van der Waals surface area (Å²) in [7, 11) is 2.34. The first-order valence-corrected chi connectivity index (χ1v) is 5.73. The molecule has 0 aromatic carbocycles. The summed E-state index contributed by atoms with van der Waals surface area (Å²) in [6.07, 6.45) is 3.02. The zero-order valence-corrected chi connectivity index (χ0v) is 11.1. The van der Waals surface area contributed by atoms with Crippen LogP contribution in [-0.2, 0) is 19.1 Å². The fraction of sp³-hybridized carbons (Fsp3) is 0.417. The summed E-state index contributed by atoms with van der Waals surface area (Å²) in [6.45, 7) is 0. The highest BCUT2D eigenvalue weighted by Gasteiger charge is 2.31. The van der Waals surface area contributed by atoms with E-state index in [0.717, 1.165) is 0 Å². The molecule has 0 amide bonds. The van der Waals surface area contributed by atoms with E-state index in [1.54, 1.807) is 18.3 Å². The highest BCUT2D eigenvalue weighted by atomic mass is 16.5. The van der Waals surface area contributed by atoms with Crippen molar-refractivity contribution < 1.29 is 19.1 Å². The Hall–Kier alpha value is -2.60. The molecule has 0 radical (unpaired) electrons. The Balaban J connectivity index is 3.00. The van der Waals surface area contributed by atoms with Gasteiger partial charge in [-0.25, -0.2) is 0 Å². The first-order valence-electron chi connectivity index (χ1n) is 5.73. The number of rotatable bonds is 6. The molecule has 0 fully saturated rings. The monoisotopic (exact) mass is 278 g/mol. The van der Waals surface area contributed by atoms with Gasteiger partial charge in [-0.1, -0.05) is 11.2 Å². The molecule has 8 nitrogen and oxygen atoms in total. The number of hydrogen-bond acceptors (Lipinski definition) is 6. The fourth-order valence-electron chi connectivity index (χ4n) is 1.68. The van der Waals surface area contributed by atoms with E-state index in [0.29, 0.717) is 5.56 Å². The van der Waals surface area contributed by atoms with Crippen LogP contribution in [0.5, 0.6) is 0 Å². The molecule has 0 saturated carbocycles. The van der Waals surface area contributed by atoms with Gasteiger partial charge in [0.1, 0.15) is 0 Å². The van der Waals surface area contributed by atoms with Crippen LogP contribution in [0, 0.1) is 5.92 Å². The molecular formula is C12H14N4O4. The van der Waals surface area contributed by atoms with Crippen molar-refractivity contribution in [3.8, 4) is 0 Å². The van der Waals surface area contributed by atoms with Crippen molar-refractivity contribution >= 4 is 11.9 Å². The third-order valence-electron chi connectivity index (χ3n) is 2.69. The Bertz CT molecular complexity index is 497. The van der Waals surface area contributed by atoms with Crippen molar-refractivity contribution in [3.63, 3.8) is 0 Å². The van der Waals surface area contributed by atoms with Crippen molar-refractivity contribution in [1.82, 2.24) is 4.98 Å². The molecule has 20 heavy (non-hydrogen) atoms. The molecule has 8 heteroatoms. The van der Waals surface area contributed by atoms with Gasteiger partial charge < -0.3 is 9.47 Å². The fourth-order valence-corrected chi connectivity index (χ4v) is 1.68. The molecule has 1 unspecified atom stereocenters. The van der Waals surface area contributed by atoms with E-state index >= 15 is 0 Å². The maximum atomic E-state index is 11.6. The Morgan fingerprint density at radius 2 is 2.05 bits per heavy atom. The summed E-state index contributed by atoms with van der Waals surface area (Å²) in [5.74, 6) is -2.63. The highest BCUT2D eigenvalue weighted by Crippen LogP contribution is 2.26. The molecule has 0 aliphatic rings. The molecule has 1 aromatic heterocycles. The Morgan fingerprint density at radius 3 is 2.50 bits per heavy atom. The van der Waals surface area contributed by atoms with E-state index < -0.39 is 23.9 Å². The van der Waals surface area contributed by atoms with Crippen molar-refractivity contribution in [2.24, 2.45) is 11.0 Å². The maximum absolute atomic E-state index is 11.6. The predicted octanol–water partition coefficient (Wildman–Crippen LogP) is 1.79. The number of aromatic nitrogens is 1. The van der Waals surface area contributed by atoms with Crippen molar-refractivity contribution in [1.29, 1.82) is 0 Å². The van der Waals surface area contributed by atoms with Gasteiger partial charge in [0.15, 0.2) is 5.92 Å². The number of methoxy groups -OCH3 is 2. The highest BCUT2D eigenvalue weighted by molar-refractivity contribution is 5.94. The molecule has 0 bridgehead atoms. The average Bonchev–Trinajstić information content (AvgIpc) is 2.50. The number of hydrogen-bond donors (Lipinski definition) is 0. The number of ether oxygens (including phenoxy) is 2. The number of azide groups is 1. The summed E-state index contributed by atoms with van der Waals surface area (Å²) in [5, 5.41) is 3.59. The van der Waals surface area contributed by atoms with E-state index in [-0.39, 0.29) is 6.42 Å². The second-order valence-corrected chi connectivity index (χ2v) is 3.84. The number of carbonyl (C=O) groups excluding carboxylic acids is 2. The van der Waals surface area contributed by atoms with Gasteiger partial charge in [-0.15, -0.1) is 0 Å². The topological polar surface area (TPSA) is 114 Å². The Labute approximate surface area is 115 Å². The van der Waals surface area contributed by atoms with Crippen molar-refractivity contribution in [2.45, 2.75) is 12.5 Å². The molecule has 0 N–H and O–H groups in total. The quantitative estimate of drug-likeness (QED) is 0.258. The van der Waals surface area contributed by atoms with Gasteiger partial charge in [0.2, 0.25) is 0 Å². The lowest BCUT2D eigenvalue weighted by Gasteiger charge is -2.16. The van der Waals surface area contributed by atoms with Gasteiger partial charge in [-0.2, -0.15) is 0 Å². The molecule has 0 aliphatic carbocycles.